The number of nitrogens with one attached hydrogen (secondary N) is 1. The standard InChI is InChI=1S/C20H41N5O8/c21-5-10(27)7-25-9-3-12(23)19(13(4-9)31-15-2-1-11(8-26)30-15)33-20-16(24)18(29)17(28)14(6-22)32-20/h9-20,25-29H,1-8,21-24H2/t9?,10?,11?,12?,13?,14?,15?,16-,17-,18+,19-,20-/m1/s1. The maximum Gasteiger partial charge on any atom is 0.176 e. The molecule has 0 bridgehead atoms. The number of rotatable bonds is 10. The van der Waals surface area contributed by atoms with E-state index in [0.717, 1.165) is 0 Å². The smallest absolute Gasteiger partial charge is 0.176 e. The molecule has 13 N–H and O–H groups in total. The van der Waals surface area contributed by atoms with E-state index in [1.54, 1.807) is 0 Å². The Hall–Kier alpha value is -0.520. The van der Waals surface area contributed by atoms with Crippen LogP contribution in [0.4, 0.5) is 0 Å². The summed E-state index contributed by atoms with van der Waals surface area (Å²) in [6.45, 7) is 0.354. The quantitative estimate of drug-likeness (QED) is 0.144. The molecule has 1 aliphatic carbocycles. The monoisotopic (exact) mass is 479 g/mol. The third-order valence-electron chi connectivity index (χ3n) is 6.65. The minimum absolute atomic E-state index is 0.0185. The molecule has 33 heavy (non-hydrogen) atoms. The number of ether oxygens (including phenoxy) is 4. The second kappa shape index (κ2) is 12.4. The van der Waals surface area contributed by atoms with Crippen LogP contribution in [0, 0.1) is 0 Å². The Morgan fingerprint density at radius 1 is 1.03 bits per heavy atom. The molecular formula is C20H41N5O8. The Morgan fingerprint density at radius 3 is 2.42 bits per heavy atom. The van der Waals surface area contributed by atoms with Crippen LogP contribution in [0.3, 0.4) is 0 Å². The summed E-state index contributed by atoms with van der Waals surface area (Å²) in [6, 6.07) is -1.55. The van der Waals surface area contributed by atoms with Crippen LogP contribution in [0.15, 0.2) is 0 Å². The van der Waals surface area contributed by atoms with Gasteiger partial charge in [0, 0.05) is 38.1 Å². The van der Waals surface area contributed by atoms with Crippen molar-refractivity contribution in [2.75, 3.05) is 26.2 Å². The number of nitrogens with two attached hydrogens (primary N) is 4. The Kier molecular flexibility index (Phi) is 10.2. The van der Waals surface area contributed by atoms with Gasteiger partial charge in [0.15, 0.2) is 12.6 Å². The predicted octanol–water partition coefficient (Wildman–Crippen LogP) is -4.61. The summed E-state index contributed by atoms with van der Waals surface area (Å²) in [6.07, 6.45) is -4.68. The van der Waals surface area contributed by atoms with Gasteiger partial charge in [0.2, 0.25) is 0 Å². The Labute approximate surface area is 193 Å². The van der Waals surface area contributed by atoms with Crippen LogP contribution in [-0.2, 0) is 18.9 Å². The Balaban J connectivity index is 1.70. The van der Waals surface area contributed by atoms with E-state index in [1.807, 2.05) is 0 Å². The van der Waals surface area contributed by atoms with E-state index in [0.29, 0.717) is 32.2 Å². The lowest BCUT2D eigenvalue weighted by Crippen LogP contribution is -2.66. The first kappa shape index (κ1) is 27.1. The van der Waals surface area contributed by atoms with Gasteiger partial charge in [-0.2, -0.15) is 0 Å². The minimum atomic E-state index is -1.27. The van der Waals surface area contributed by atoms with Crippen LogP contribution < -0.4 is 28.3 Å². The van der Waals surface area contributed by atoms with Crippen LogP contribution in [0.25, 0.3) is 0 Å². The Morgan fingerprint density at radius 2 is 1.79 bits per heavy atom. The largest absolute Gasteiger partial charge is 0.394 e. The summed E-state index contributed by atoms with van der Waals surface area (Å²) in [5, 5.41) is 42.9. The summed E-state index contributed by atoms with van der Waals surface area (Å²) >= 11 is 0. The van der Waals surface area contributed by atoms with Gasteiger partial charge in [0.25, 0.3) is 0 Å². The fourth-order valence-corrected chi connectivity index (χ4v) is 4.65. The van der Waals surface area contributed by atoms with E-state index >= 15 is 0 Å². The maximum atomic E-state index is 10.3. The van der Waals surface area contributed by atoms with Crippen molar-refractivity contribution in [3.8, 4) is 0 Å². The molecule has 0 radical (unpaired) electrons. The zero-order valence-electron chi connectivity index (χ0n) is 18.8. The summed E-state index contributed by atoms with van der Waals surface area (Å²) in [5.74, 6) is 0. The van der Waals surface area contributed by atoms with E-state index in [2.05, 4.69) is 5.32 Å². The highest BCUT2D eigenvalue weighted by Crippen LogP contribution is 2.31. The average Bonchev–Trinajstić information content (AvgIpc) is 3.27. The van der Waals surface area contributed by atoms with Crippen molar-refractivity contribution in [1.82, 2.24) is 5.32 Å². The molecule has 0 spiro atoms. The van der Waals surface area contributed by atoms with Gasteiger partial charge in [-0.1, -0.05) is 0 Å². The zero-order chi connectivity index (χ0) is 24.1. The first-order valence-electron chi connectivity index (χ1n) is 11.7. The highest BCUT2D eigenvalue weighted by atomic mass is 16.7. The van der Waals surface area contributed by atoms with Crippen LogP contribution in [0.5, 0.6) is 0 Å². The fourth-order valence-electron chi connectivity index (χ4n) is 4.65. The average molecular weight is 480 g/mol. The lowest BCUT2D eigenvalue weighted by atomic mass is 9.86. The maximum absolute atomic E-state index is 10.3. The second-order valence-electron chi connectivity index (χ2n) is 9.19. The molecule has 7 unspecified atom stereocenters. The van der Waals surface area contributed by atoms with Gasteiger partial charge in [-0.25, -0.2) is 0 Å². The van der Waals surface area contributed by atoms with Gasteiger partial charge >= 0.3 is 0 Å². The number of hydrogen-bond donors (Lipinski definition) is 9. The van der Waals surface area contributed by atoms with Gasteiger partial charge < -0.3 is 67.6 Å². The van der Waals surface area contributed by atoms with Crippen molar-refractivity contribution >= 4 is 0 Å². The van der Waals surface area contributed by atoms with E-state index in [1.165, 1.54) is 0 Å². The number of aliphatic hydroxyl groups is 4. The second-order valence-corrected chi connectivity index (χ2v) is 9.19. The van der Waals surface area contributed by atoms with Crippen LogP contribution in [0.2, 0.25) is 0 Å². The SMILES string of the molecule is NCC(O)CNC1CC(N)[C@@H](O[C@H]2OC(CN)[C@@H](O)[C@@H](O)[C@H]2N)C(OC2CCC(CO)O2)C1. The topological polar surface area (TPSA) is 234 Å². The highest BCUT2D eigenvalue weighted by Gasteiger charge is 2.47. The third-order valence-corrected chi connectivity index (χ3v) is 6.65. The van der Waals surface area contributed by atoms with E-state index in [4.69, 9.17) is 41.9 Å². The summed E-state index contributed by atoms with van der Waals surface area (Å²) in [5.41, 5.74) is 23.7. The van der Waals surface area contributed by atoms with Crippen molar-refractivity contribution in [1.29, 1.82) is 0 Å². The van der Waals surface area contributed by atoms with Gasteiger partial charge in [0.05, 0.1) is 31.0 Å². The molecule has 3 rings (SSSR count). The molecule has 2 saturated heterocycles. The van der Waals surface area contributed by atoms with Crippen molar-refractivity contribution in [3.05, 3.63) is 0 Å². The molecule has 0 aromatic heterocycles. The normalized spacial score (nSPS) is 45.3. The lowest BCUT2D eigenvalue weighted by molar-refractivity contribution is -0.294. The number of aliphatic hydroxyl groups excluding tert-OH is 4. The van der Waals surface area contributed by atoms with Crippen LogP contribution in [0.1, 0.15) is 25.7 Å². The van der Waals surface area contributed by atoms with E-state index in [-0.39, 0.29) is 31.8 Å². The van der Waals surface area contributed by atoms with Gasteiger partial charge in [0.1, 0.15) is 24.4 Å². The third kappa shape index (κ3) is 6.79. The summed E-state index contributed by atoms with van der Waals surface area (Å²) in [4.78, 5) is 0. The molecule has 0 aromatic carbocycles. The van der Waals surface area contributed by atoms with Gasteiger partial charge in [-0.3, -0.25) is 0 Å². The van der Waals surface area contributed by atoms with Crippen molar-refractivity contribution in [2.24, 2.45) is 22.9 Å². The van der Waals surface area contributed by atoms with Crippen molar-refractivity contribution in [3.63, 3.8) is 0 Å². The molecule has 2 heterocycles. The first-order valence-corrected chi connectivity index (χ1v) is 11.7. The van der Waals surface area contributed by atoms with Gasteiger partial charge in [-0.05, 0) is 19.3 Å². The molecule has 3 aliphatic rings. The molecular weight excluding hydrogens is 438 g/mol. The first-order chi connectivity index (χ1) is 15.8. The molecule has 12 atom stereocenters. The molecule has 2 aliphatic heterocycles. The summed E-state index contributed by atoms with van der Waals surface area (Å²) in [7, 11) is 0. The number of hydrogen-bond acceptors (Lipinski definition) is 13. The molecule has 13 nitrogen and oxygen atoms in total. The van der Waals surface area contributed by atoms with Crippen molar-refractivity contribution in [2.45, 2.75) is 99.1 Å². The van der Waals surface area contributed by atoms with Crippen molar-refractivity contribution < 1.29 is 39.4 Å². The predicted molar refractivity (Wildman–Crippen MR) is 116 cm³/mol. The molecule has 3 fully saturated rings. The Bertz CT molecular complexity index is 593. The fraction of sp³-hybridized carbons (Fsp3) is 1.00. The van der Waals surface area contributed by atoms with Crippen LogP contribution >= 0.6 is 0 Å². The van der Waals surface area contributed by atoms with Crippen LogP contribution in [-0.4, -0.2) is 120 Å². The molecule has 194 valence electrons. The van der Waals surface area contributed by atoms with E-state index in [9.17, 15) is 20.4 Å². The lowest BCUT2D eigenvalue weighted by Gasteiger charge is -2.46. The molecule has 1 saturated carbocycles. The highest BCUT2D eigenvalue weighted by molar-refractivity contribution is 4.97. The molecule has 0 aromatic rings. The van der Waals surface area contributed by atoms with E-state index < -0.39 is 61.3 Å². The van der Waals surface area contributed by atoms with Gasteiger partial charge in [-0.15, -0.1) is 0 Å². The zero-order valence-corrected chi connectivity index (χ0v) is 18.8. The molecule has 0 amide bonds. The summed E-state index contributed by atoms with van der Waals surface area (Å²) < 4.78 is 23.8. The minimum Gasteiger partial charge on any atom is -0.394 e. The molecule has 13 heteroatoms.